The van der Waals surface area contributed by atoms with Crippen molar-refractivity contribution < 1.29 is 4.79 Å². The third kappa shape index (κ3) is 3.56. The lowest BCUT2D eigenvalue weighted by atomic mass is 10.0. The average molecular weight is 289 g/mol. The van der Waals surface area contributed by atoms with Gasteiger partial charge >= 0.3 is 0 Å². The fraction of sp³-hybridized carbons (Fsp3) is 0.588. The van der Waals surface area contributed by atoms with E-state index in [9.17, 15) is 4.79 Å². The molecule has 2 N–H and O–H groups in total. The summed E-state index contributed by atoms with van der Waals surface area (Å²) in [5.41, 5.74) is 8.25. The molecule has 1 heterocycles. The van der Waals surface area contributed by atoms with Gasteiger partial charge in [0.1, 0.15) is 0 Å². The van der Waals surface area contributed by atoms with Crippen LogP contribution in [0.2, 0.25) is 0 Å². The summed E-state index contributed by atoms with van der Waals surface area (Å²) < 4.78 is 0. The molecule has 1 aromatic carbocycles. The Morgan fingerprint density at radius 1 is 1.33 bits per heavy atom. The predicted molar refractivity (Wildman–Crippen MR) is 87.4 cm³/mol. The molecule has 1 aliphatic rings. The summed E-state index contributed by atoms with van der Waals surface area (Å²) in [5.74, 6) is 0.0982. The third-order valence-electron chi connectivity index (χ3n) is 4.61. The highest BCUT2D eigenvalue weighted by molar-refractivity contribution is 5.94. The van der Waals surface area contributed by atoms with E-state index in [4.69, 9.17) is 5.73 Å². The van der Waals surface area contributed by atoms with Crippen molar-refractivity contribution in [3.63, 3.8) is 0 Å². The minimum absolute atomic E-state index is 0.0982. The Morgan fingerprint density at radius 2 is 1.95 bits per heavy atom. The number of nitrogens with two attached hydrogens (primary N) is 1. The summed E-state index contributed by atoms with van der Waals surface area (Å²) in [5, 5.41) is 0. The van der Waals surface area contributed by atoms with Crippen LogP contribution < -0.4 is 5.73 Å². The smallest absolute Gasteiger partial charge is 0.253 e. The molecule has 0 radical (unpaired) electrons. The number of nitrogens with zero attached hydrogens (tertiary/aromatic N) is 2. The number of benzene rings is 1. The van der Waals surface area contributed by atoms with Crippen molar-refractivity contribution in [2.75, 3.05) is 25.9 Å². The summed E-state index contributed by atoms with van der Waals surface area (Å²) in [6, 6.07) is 6.46. The maximum absolute atomic E-state index is 12.6. The van der Waals surface area contributed by atoms with Gasteiger partial charge in [0.2, 0.25) is 0 Å². The van der Waals surface area contributed by atoms with Crippen LogP contribution in [0, 0.1) is 6.92 Å². The Morgan fingerprint density at radius 3 is 2.48 bits per heavy atom. The monoisotopic (exact) mass is 289 g/mol. The van der Waals surface area contributed by atoms with Crippen LogP contribution in [0.1, 0.15) is 42.6 Å². The second-order valence-corrected chi connectivity index (χ2v) is 6.35. The van der Waals surface area contributed by atoms with Crippen LogP contribution in [0.4, 0.5) is 5.69 Å². The number of piperidine rings is 1. The van der Waals surface area contributed by atoms with E-state index >= 15 is 0 Å². The van der Waals surface area contributed by atoms with Crippen molar-refractivity contribution in [3.8, 4) is 0 Å². The molecule has 1 saturated heterocycles. The molecule has 0 saturated carbocycles. The van der Waals surface area contributed by atoms with Gasteiger partial charge in [0.25, 0.3) is 5.91 Å². The molecule has 4 nitrogen and oxygen atoms in total. The molecule has 1 amide bonds. The van der Waals surface area contributed by atoms with Crippen LogP contribution in [0.25, 0.3) is 0 Å². The first-order valence-corrected chi connectivity index (χ1v) is 7.77. The fourth-order valence-corrected chi connectivity index (χ4v) is 2.97. The number of hydrogen-bond acceptors (Lipinski definition) is 3. The molecule has 4 heteroatoms. The fourth-order valence-electron chi connectivity index (χ4n) is 2.97. The van der Waals surface area contributed by atoms with Gasteiger partial charge in [-0.2, -0.15) is 0 Å². The maximum atomic E-state index is 12.6. The number of anilines is 1. The van der Waals surface area contributed by atoms with Crippen LogP contribution in [0.15, 0.2) is 18.2 Å². The number of nitrogen functional groups attached to an aromatic ring is 1. The van der Waals surface area contributed by atoms with E-state index in [2.05, 4.69) is 18.7 Å². The molecular weight excluding hydrogens is 262 g/mol. The molecule has 116 valence electrons. The Balaban J connectivity index is 2.01. The number of carbonyl (C=O) groups excluding carboxylic acids is 1. The quantitative estimate of drug-likeness (QED) is 0.870. The van der Waals surface area contributed by atoms with Gasteiger partial charge in [0, 0.05) is 43.5 Å². The van der Waals surface area contributed by atoms with Crippen LogP contribution in [-0.2, 0) is 0 Å². The number of hydrogen-bond donors (Lipinski definition) is 1. The molecule has 0 unspecified atom stereocenters. The molecule has 0 aromatic heterocycles. The lowest BCUT2D eigenvalue weighted by Crippen LogP contribution is -2.47. The number of amides is 1. The van der Waals surface area contributed by atoms with Crippen LogP contribution in [-0.4, -0.2) is 47.9 Å². The number of rotatable bonds is 3. The summed E-state index contributed by atoms with van der Waals surface area (Å²) in [4.78, 5) is 17.0. The summed E-state index contributed by atoms with van der Waals surface area (Å²) in [6.45, 7) is 8.54. The van der Waals surface area contributed by atoms with E-state index in [1.165, 1.54) is 0 Å². The van der Waals surface area contributed by atoms with Crippen molar-refractivity contribution in [3.05, 3.63) is 29.3 Å². The Bertz CT molecular complexity index is 505. The van der Waals surface area contributed by atoms with E-state index in [1.54, 1.807) is 0 Å². The average Bonchev–Trinajstić information content (AvgIpc) is 2.48. The number of carbonyl (C=O) groups is 1. The normalized spacial score (nSPS) is 17.2. The number of aryl methyl sites for hydroxylation is 1. The molecule has 0 bridgehead atoms. The molecule has 1 aromatic rings. The lowest BCUT2D eigenvalue weighted by Gasteiger charge is -2.38. The Kier molecular flexibility index (Phi) is 4.88. The molecule has 0 aliphatic carbocycles. The molecule has 0 spiro atoms. The lowest BCUT2D eigenvalue weighted by molar-refractivity contribution is 0.0615. The van der Waals surface area contributed by atoms with Gasteiger partial charge < -0.3 is 15.5 Å². The zero-order chi connectivity index (χ0) is 15.6. The predicted octanol–water partition coefficient (Wildman–Crippen LogP) is 2.52. The van der Waals surface area contributed by atoms with Gasteiger partial charge in [-0.15, -0.1) is 0 Å². The molecule has 21 heavy (non-hydrogen) atoms. The zero-order valence-electron chi connectivity index (χ0n) is 13.6. The van der Waals surface area contributed by atoms with Crippen molar-refractivity contribution in [1.29, 1.82) is 0 Å². The first-order valence-electron chi connectivity index (χ1n) is 7.77. The summed E-state index contributed by atoms with van der Waals surface area (Å²) in [7, 11) is 1.92. The SMILES string of the molecule is Cc1cc(C(=O)N(C)C2CCN(C(C)C)CC2)ccc1N. The summed E-state index contributed by atoms with van der Waals surface area (Å²) >= 11 is 0. The van der Waals surface area contributed by atoms with E-state index in [-0.39, 0.29) is 5.91 Å². The van der Waals surface area contributed by atoms with Crippen LogP contribution in [0.3, 0.4) is 0 Å². The second-order valence-electron chi connectivity index (χ2n) is 6.35. The van der Waals surface area contributed by atoms with Crippen LogP contribution >= 0.6 is 0 Å². The van der Waals surface area contributed by atoms with Gasteiger partial charge in [0.15, 0.2) is 0 Å². The van der Waals surface area contributed by atoms with Gasteiger partial charge in [-0.1, -0.05) is 0 Å². The second kappa shape index (κ2) is 6.48. The van der Waals surface area contributed by atoms with Crippen LogP contribution in [0.5, 0.6) is 0 Å². The maximum Gasteiger partial charge on any atom is 0.253 e. The minimum atomic E-state index is 0.0982. The highest BCUT2D eigenvalue weighted by atomic mass is 16.2. The van der Waals surface area contributed by atoms with E-state index in [0.29, 0.717) is 12.1 Å². The van der Waals surface area contributed by atoms with E-state index in [1.807, 2.05) is 37.1 Å². The van der Waals surface area contributed by atoms with Gasteiger partial charge in [0.05, 0.1) is 0 Å². The zero-order valence-corrected chi connectivity index (χ0v) is 13.6. The Hall–Kier alpha value is -1.55. The van der Waals surface area contributed by atoms with E-state index in [0.717, 1.165) is 42.7 Å². The van der Waals surface area contributed by atoms with Crippen molar-refractivity contribution >= 4 is 11.6 Å². The molecular formula is C17H27N3O. The molecule has 1 aliphatic heterocycles. The highest BCUT2D eigenvalue weighted by Crippen LogP contribution is 2.20. The van der Waals surface area contributed by atoms with Gasteiger partial charge in [-0.05, 0) is 57.4 Å². The van der Waals surface area contributed by atoms with Crippen molar-refractivity contribution in [1.82, 2.24) is 9.80 Å². The minimum Gasteiger partial charge on any atom is -0.399 e. The number of likely N-dealkylation sites (tertiary alicyclic amines) is 1. The van der Waals surface area contributed by atoms with Gasteiger partial charge in [-0.3, -0.25) is 4.79 Å². The van der Waals surface area contributed by atoms with Crippen molar-refractivity contribution in [2.45, 2.75) is 45.7 Å². The Labute approximate surface area is 127 Å². The van der Waals surface area contributed by atoms with E-state index < -0.39 is 0 Å². The topological polar surface area (TPSA) is 49.6 Å². The summed E-state index contributed by atoms with van der Waals surface area (Å²) in [6.07, 6.45) is 2.10. The first kappa shape index (κ1) is 15.8. The standard InChI is InChI=1S/C17H27N3O/c1-12(2)20-9-7-15(8-10-20)19(4)17(21)14-5-6-16(18)13(3)11-14/h5-6,11-12,15H,7-10,18H2,1-4H3. The van der Waals surface area contributed by atoms with Crippen molar-refractivity contribution in [2.24, 2.45) is 0 Å². The molecule has 0 atom stereocenters. The molecule has 1 fully saturated rings. The third-order valence-corrected chi connectivity index (χ3v) is 4.61. The largest absolute Gasteiger partial charge is 0.399 e. The highest BCUT2D eigenvalue weighted by Gasteiger charge is 2.26. The molecule has 2 rings (SSSR count). The van der Waals surface area contributed by atoms with Gasteiger partial charge in [-0.25, -0.2) is 0 Å². The first-order chi connectivity index (χ1) is 9.90.